The Morgan fingerprint density at radius 1 is 0.581 bits per heavy atom. The lowest BCUT2D eigenvalue weighted by Gasteiger charge is -2.08. The second kappa shape index (κ2) is 10.2. The largest absolute Gasteiger partial charge is 0.507 e. The quantitative estimate of drug-likeness (QED) is 0.329. The predicted octanol–water partition coefficient (Wildman–Crippen LogP) is 6.72. The van der Waals surface area contributed by atoms with Gasteiger partial charge in [0.15, 0.2) is 0 Å². The molecule has 0 fully saturated rings. The summed E-state index contributed by atoms with van der Waals surface area (Å²) in [6.45, 7) is 1.01. The molecule has 0 bridgehead atoms. The van der Waals surface area contributed by atoms with Crippen LogP contribution in [0.4, 0.5) is 0 Å². The van der Waals surface area contributed by atoms with Gasteiger partial charge in [-0.1, -0.05) is 84.9 Å². The molecule has 154 valence electrons. The van der Waals surface area contributed by atoms with Crippen LogP contribution in [0.5, 0.6) is 17.2 Å². The van der Waals surface area contributed by atoms with Crippen molar-refractivity contribution in [3.05, 3.63) is 125 Å². The van der Waals surface area contributed by atoms with Crippen molar-refractivity contribution in [3.8, 4) is 17.2 Å². The Morgan fingerprint density at radius 2 is 1.13 bits per heavy atom. The Bertz CT molecular complexity index is 1120. The maximum atomic E-state index is 10.3. The standard InChI is InChI=1S/C28H24O3/c29-28-19-27(31-21-24-9-5-2-6-10-24)18-15-25(28)14-11-22-12-16-26(17-13-22)30-20-23-7-3-1-4-8-23/h1-19,29H,20-21H2. The van der Waals surface area contributed by atoms with Gasteiger partial charge in [-0.15, -0.1) is 0 Å². The summed E-state index contributed by atoms with van der Waals surface area (Å²) in [7, 11) is 0. The number of aromatic hydroxyl groups is 1. The second-order valence-electron chi connectivity index (χ2n) is 7.17. The molecule has 0 aliphatic rings. The van der Waals surface area contributed by atoms with Gasteiger partial charge in [-0.3, -0.25) is 0 Å². The van der Waals surface area contributed by atoms with E-state index in [-0.39, 0.29) is 5.75 Å². The Morgan fingerprint density at radius 3 is 1.71 bits per heavy atom. The summed E-state index contributed by atoms with van der Waals surface area (Å²) in [6, 6.07) is 33.3. The zero-order valence-electron chi connectivity index (χ0n) is 17.1. The van der Waals surface area contributed by atoms with Crippen molar-refractivity contribution < 1.29 is 14.6 Å². The third kappa shape index (κ3) is 6.00. The molecule has 0 unspecified atom stereocenters. The minimum atomic E-state index is 0.185. The van der Waals surface area contributed by atoms with Gasteiger partial charge in [0.2, 0.25) is 0 Å². The second-order valence-corrected chi connectivity index (χ2v) is 7.17. The molecule has 1 N–H and O–H groups in total. The lowest BCUT2D eigenvalue weighted by Crippen LogP contribution is -1.95. The summed E-state index contributed by atoms with van der Waals surface area (Å²) < 4.78 is 11.6. The van der Waals surface area contributed by atoms with Gasteiger partial charge in [0.25, 0.3) is 0 Å². The molecule has 0 saturated carbocycles. The summed E-state index contributed by atoms with van der Waals surface area (Å²) in [5.74, 6) is 1.65. The Labute approximate surface area is 182 Å². The third-order valence-corrected chi connectivity index (χ3v) is 4.83. The minimum Gasteiger partial charge on any atom is -0.507 e. The Balaban J connectivity index is 1.33. The highest BCUT2D eigenvalue weighted by molar-refractivity contribution is 5.73. The van der Waals surface area contributed by atoms with Gasteiger partial charge >= 0.3 is 0 Å². The number of hydrogen-bond donors (Lipinski definition) is 1. The van der Waals surface area contributed by atoms with Crippen LogP contribution in [0.3, 0.4) is 0 Å². The van der Waals surface area contributed by atoms with Crippen LogP contribution in [0.2, 0.25) is 0 Å². The van der Waals surface area contributed by atoms with E-state index in [1.54, 1.807) is 6.07 Å². The average molecular weight is 408 g/mol. The van der Waals surface area contributed by atoms with Crippen LogP contribution >= 0.6 is 0 Å². The zero-order valence-corrected chi connectivity index (χ0v) is 17.1. The van der Waals surface area contributed by atoms with Gasteiger partial charge in [-0.2, -0.15) is 0 Å². The SMILES string of the molecule is Oc1cc(OCc2ccccc2)ccc1C=Cc1ccc(OCc2ccccc2)cc1. The molecule has 0 aliphatic carbocycles. The van der Waals surface area contributed by atoms with E-state index < -0.39 is 0 Å². The van der Waals surface area contributed by atoms with Crippen molar-refractivity contribution in [3.63, 3.8) is 0 Å². The fourth-order valence-corrected chi connectivity index (χ4v) is 3.10. The molecule has 3 nitrogen and oxygen atoms in total. The fourth-order valence-electron chi connectivity index (χ4n) is 3.10. The highest BCUT2D eigenvalue weighted by atomic mass is 16.5. The van der Waals surface area contributed by atoms with Crippen LogP contribution in [-0.4, -0.2) is 5.11 Å². The lowest BCUT2D eigenvalue weighted by molar-refractivity contribution is 0.304. The molecular formula is C28H24O3. The smallest absolute Gasteiger partial charge is 0.126 e. The van der Waals surface area contributed by atoms with E-state index in [1.165, 1.54) is 0 Å². The normalized spacial score (nSPS) is 10.8. The number of benzene rings is 4. The van der Waals surface area contributed by atoms with Crippen molar-refractivity contribution in [1.82, 2.24) is 0 Å². The highest BCUT2D eigenvalue weighted by Gasteiger charge is 2.02. The van der Waals surface area contributed by atoms with E-state index in [2.05, 4.69) is 0 Å². The average Bonchev–Trinajstić information content (AvgIpc) is 2.83. The molecule has 0 atom stereocenters. The molecule has 4 aromatic carbocycles. The number of rotatable bonds is 8. The van der Waals surface area contributed by atoms with E-state index >= 15 is 0 Å². The first kappa shape index (κ1) is 20.3. The van der Waals surface area contributed by atoms with Gasteiger partial charge in [0.05, 0.1) is 0 Å². The van der Waals surface area contributed by atoms with Gasteiger partial charge in [-0.05, 0) is 41.0 Å². The molecule has 4 aromatic rings. The van der Waals surface area contributed by atoms with Crippen LogP contribution < -0.4 is 9.47 Å². The predicted molar refractivity (Wildman–Crippen MR) is 125 cm³/mol. The summed E-state index contributed by atoms with van der Waals surface area (Å²) in [5, 5.41) is 10.3. The van der Waals surface area contributed by atoms with Gasteiger partial charge < -0.3 is 14.6 Å². The molecular weight excluding hydrogens is 384 g/mol. The van der Waals surface area contributed by atoms with Gasteiger partial charge in [0.1, 0.15) is 30.5 Å². The summed E-state index contributed by atoms with van der Waals surface area (Å²) in [4.78, 5) is 0. The van der Waals surface area contributed by atoms with Crippen molar-refractivity contribution >= 4 is 12.2 Å². The van der Waals surface area contributed by atoms with E-state index in [1.807, 2.05) is 109 Å². The molecule has 3 heteroatoms. The third-order valence-electron chi connectivity index (χ3n) is 4.83. The Hall–Kier alpha value is -3.98. The van der Waals surface area contributed by atoms with Gasteiger partial charge in [-0.25, -0.2) is 0 Å². The van der Waals surface area contributed by atoms with Crippen molar-refractivity contribution in [2.45, 2.75) is 13.2 Å². The summed E-state index contributed by atoms with van der Waals surface area (Å²) in [5.41, 5.74) is 3.98. The van der Waals surface area contributed by atoms with Crippen molar-refractivity contribution in [2.24, 2.45) is 0 Å². The molecule has 31 heavy (non-hydrogen) atoms. The van der Waals surface area contributed by atoms with Crippen LogP contribution in [0.15, 0.2) is 103 Å². The molecule has 4 rings (SSSR count). The molecule has 0 heterocycles. The highest BCUT2D eigenvalue weighted by Crippen LogP contribution is 2.26. The lowest BCUT2D eigenvalue weighted by atomic mass is 10.1. The van der Waals surface area contributed by atoms with Gasteiger partial charge in [0, 0.05) is 11.6 Å². The zero-order chi connectivity index (χ0) is 21.3. The fraction of sp³-hybridized carbons (Fsp3) is 0.0714. The number of phenolic OH excluding ortho intramolecular Hbond substituents is 1. The van der Waals surface area contributed by atoms with Crippen LogP contribution in [-0.2, 0) is 13.2 Å². The summed E-state index contributed by atoms with van der Waals surface area (Å²) >= 11 is 0. The monoisotopic (exact) mass is 408 g/mol. The van der Waals surface area contributed by atoms with Crippen LogP contribution in [0, 0.1) is 0 Å². The summed E-state index contributed by atoms with van der Waals surface area (Å²) in [6.07, 6.45) is 3.84. The first-order valence-electron chi connectivity index (χ1n) is 10.2. The molecule has 0 aromatic heterocycles. The number of hydrogen-bond acceptors (Lipinski definition) is 3. The van der Waals surface area contributed by atoms with Crippen molar-refractivity contribution in [2.75, 3.05) is 0 Å². The topological polar surface area (TPSA) is 38.7 Å². The molecule has 0 amide bonds. The molecule has 0 radical (unpaired) electrons. The molecule has 0 spiro atoms. The van der Waals surface area contributed by atoms with Crippen LogP contribution in [0.1, 0.15) is 22.3 Å². The molecule has 0 saturated heterocycles. The minimum absolute atomic E-state index is 0.185. The number of ether oxygens (including phenoxy) is 2. The van der Waals surface area contributed by atoms with E-state index in [0.717, 1.165) is 28.0 Å². The van der Waals surface area contributed by atoms with Crippen LogP contribution in [0.25, 0.3) is 12.2 Å². The molecule has 0 aliphatic heterocycles. The Kier molecular flexibility index (Phi) is 6.66. The van der Waals surface area contributed by atoms with E-state index in [9.17, 15) is 5.11 Å². The van der Waals surface area contributed by atoms with Crippen molar-refractivity contribution in [1.29, 1.82) is 0 Å². The number of phenols is 1. The van der Waals surface area contributed by atoms with E-state index in [4.69, 9.17) is 9.47 Å². The maximum absolute atomic E-state index is 10.3. The maximum Gasteiger partial charge on any atom is 0.126 e. The first-order valence-corrected chi connectivity index (χ1v) is 10.2. The van der Waals surface area contributed by atoms with E-state index in [0.29, 0.717) is 19.0 Å². The first-order chi connectivity index (χ1) is 15.3.